The van der Waals surface area contributed by atoms with Crippen LogP contribution in [-0.4, -0.2) is 5.11 Å². The maximum absolute atomic E-state index is 9.33. The maximum Gasteiger partial charge on any atom is 0.0957 e. The molecular weight excluding hydrogens is 124 g/mol. The fourth-order valence-corrected chi connectivity index (χ4v) is 1.20. The molecule has 1 rings (SSSR count). The molecule has 0 fully saturated rings. The van der Waals surface area contributed by atoms with E-state index in [0.717, 1.165) is 31.3 Å². The highest BCUT2D eigenvalue weighted by atomic mass is 16.3. The van der Waals surface area contributed by atoms with Gasteiger partial charge in [-0.2, -0.15) is 0 Å². The van der Waals surface area contributed by atoms with Gasteiger partial charge in [0.1, 0.15) is 0 Å². The highest BCUT2D eigenvalue weighted by Gasteiger charge is 2.04. The molecule has 1 aliphatic rings. The van der Waals surface area contributed by atoms with E-state index in [1.807, 2.05) is 6.08 Å². The molecule has 0 unspecified atom stereocenters. The minimum atomic E-state index is 0.601. The zero-order valence-corrected chi connectivity index (χ0v) is 6.43. The third-order valence-electron chi connectivity index (χ3n) is 1.76. The van der Waals surface area contributed by atoms with Gasteiger partial charge in [0.05, 0.1) is 5.76 Å². The summed E-state index contributed by atoms with van der Waals surface area (Å²) in [5.74, 6) is 0.601. The summed E-state index contributed by atoms with van der Waals surface area (Å²) in [6.07, 6.45) is 8.14. The highest BCUT2D eigenvalue weighted by molar-refractivity contribution is 5.25. The van der Waals surface area contributed by atoms with Crippen molar-refractivity contribution in [2.75, 3.05) is 0 Å². The number of hydrogen-bond acceptors (Lipinski definition) is 1. The quantitative estimate of drug-likeness (QED) is 0.622. The monoisotopic (exact) mass is 138 g/mol. The fourth-order valence-electron chi connectivity index (χ4n) is 1.20. The van der Waals surface area contributed by atoms with Crippen LogP contribution in [0.5, 0.6) is 0 Å². The van der Waals surface area contributed by atoms with Gasteiger partial charge in [-0.1, -0.05) is 25.5 Å². The lowest BCUT2D eigenvalue weighted by atomic mass is 10.0. The van der Waals surface area contributed by atoms with E-state index >= 15 is 0 Å². The first-order valence-electron chi connectivity index (χ1n) is 3.92. The predicted octanol–water partition coefficient (Wildman–Crippen LogP) is 2.95. The van der Waals surface area contributed by atoms with E-state index in [0.29, 0.717) is 5.76 Å². The minimum Gasteiger partial charge on any atom is -0.512 e. The second-order valence-corrected chi connectivity index (χ2v) is 2.66. The molecule has 0 aliphatic heterocycles. The number of rotatable bonds is 2. The number of aliphatic hydroxyl groups excluding tert-OH is 1. The first kappa shape index (κ1) is 7.39. The van der Waals surface area contributed by atoms with Gasteiger partial charge < -0.3 is 5.11 Å². The molecular formula is C9H14O. The van der Waals surface area contributed by atoms with E-state index in [-0.39, 0.29) is 0 Å². The van der Waals surface area contributed by atoms with Gasteiger partial charge in [0.15, 0.2) is 0 Å². The summed E-state index contributed by atoms with van der Waals surface area (Å²) >= 11 is 0. The van der Waals surface area contributed by atoms with Crippen LogP contribution in [-0.2, 0) is 0 Å². The van der Waals surface area contributed by atoms with Gasteiger partial charge in [0.25, 0.3) is 0 Å². The van der Waals surface area contributed by atoms with Gasteiger partial charge in [-0.3, -0.25) is 0 Å². The van der Waals surface area contributed by atoms with Gasteiger partial charge in [-0.05, 0) is 18.4 Å². The van der Waals surface area contributed by atoms with Crippen LogP contribution in [0.4, 0.5) is 0 Å². The van der Waals surface area contributed by atoms with Crippen molar-refractivity contribution in [3.8, 4) is 0 Å². The Morgan fingerprint density at radius 1 is 1.60 bits per heavy atom. The van der Waals surface area contributed by atoms with Crippen LogP contribution in [0, 0.1) is 0 Å². The largest absolute Gasteiger partial charge is 0.512 e. The Morgan fingerprint density at radius 2 is 2.40 bits per heavy atom. The van der Waals surface area contributed by atoms with Crippen molar-refractivity contribution < 1.29 is 5.11 Å². The van der Waals surface area contributed by atoms with Crippen molar-refractivity contribution in [2.24, 2.45) is 0 Å². The molecule has 0 amide bonds. The Morgan fingerprint density at radius 3 is 3.00 bits per heavy atom. The molecule has 0 heterocycles. The molecule has 0 bridgehead atoms. The van der Waals surface area contributed by atoms with Gasteiger partial charge in [0, 0.05) is 6.42 Å². The molecule has 0 aromatic heterocycles. The van der Waals surface area contributed by atoms with Crippen molar-refractivity contribution in [1.29, 1.82) is 0 Å². The lowest BCUT2D eigenvalue weighted by Gasteiger charge is -2.08. The fraction of sp³-hybridized carbons (Fsp3) is 0.556. The Labute approximate surface area is 62.1 Å². The van der Waals surface area contributed by atoms with Gasteiger partial charge in [0.2, 0.25) is 0 Å². The van der Waals surface area contributed by atoms with E-state index in [9.17, 15) is 5.11 Å². The first-order valence-corrected chi connectivity index (χ1v) is 3.92. The summed E-state index contributed by atoms with van der Waals surface area (Å²) in [6, 6.07) is 0. The van der Waals surface area contributed by atoms with E-state index in [1.54, 1.807) is 0 Å². The van der Waals surface area contributed by atoms with Crippen LogP contribution >= 0.6 is 0 Å². The predicted molar refractivity (Wildman–Crippen MR) is 42.9 cm³/mol. The Bertz CT molecular complexity index is 166. The SMILES string of the molecule is CCCC1=C(O)CCC=C1. The van der Waals surface area contributed by atoms with E-state index < -0.39 is 0 Å². The molecule has 56 valence electrons. The van der Waals surface area contributed by atoms with E-state index in [2.05, 4.69) is 13.0 Å². The van der Waals surface area contributed by atoms with Gasteiger partial charge >= 0.3 is 0 Å². The lowest BCUT2D eigenvalue weighted by Crippen LogP contribution is -1.93. The molecule has 0 radical (unpaired) electrons. The summed E-state index contributed by atoms with van der Waals surface area (Å²) in [7, 11) is 0. The molecule has 0 aromatic rings. The average molecular weight is 138 g/mol. The highest BCUT2D eigenvalue weighted by Crippen LogP contribution is 2.19. The lowest BCUT2D eigenvalue weighted by molar-refractivity contribution is 0.379. The second kappa shape index (κ2) is 3.45. The minimum absolute atomic E-state index is 0.601. The molecule has 0 spiro atoms. The topological polar surface area (TPSA) is 20.2 Å². The Kier molecular flexibility index (Phi) is 2.55. The molecule has 0 atom stereocenters. The van der Waals surface area contributed by atoms with Crippen molar-refractivity contribution in [1.82, 2.24) is 0 Å². The summed E-state index contributed by atoms with van der Waals surface area (Å²) in [5.41, 5.74) is 1.13. The summed E-state index contributed by atoms with van der Waals surface area (Å²) in [6.45, 7) is 2.13. The zero-order valence-electron chi connectivity index (χ0n) is 6.43. The van der Waals surface area contributed by atoms with Crippen molar-refractivity contribution in [3.05, 3.63) is 23.5 Å². The van der Waals surface area contributed by atoms with Crippen LogP contribution in [0.2, 0.25) is 0 Å². The number of allylic oxidation sites excluding steroid dienone is 4. The van der Waals surface area contributed by atoms with Crippen molar-refractivity contribution in [3.63, 3.8) is 0 Å². The molecule has 1 N–H and O–H groups in total. The smallest absolute Gasteiger partial charge is 0.0957 e. The van der Waals surface area contributed by atoms with Crippen molar-refractivity contribution in [2.45, 2.75) is 32.6 Å². The Balaban J connectivity index is 2.60. The standard InChI is InChI=1S/C9H14O/c1-2-5-8-6-3-4-7-9(8)10/h3,6,10H,2,4-5,7H2,1H3. The Hall–Kier alpha value is -0.720. The van der Waals surface area contributed by atoms with Crippen molar-refractivity contribution >= 4 is 0 Å². The molecule has 0 saturated heterocycles. The third-order valence-corrected chi connectivity index (χ3v) is 1.76. The number of hydrogen-bond donors (Lipinski definition) is 1. The molecule has 0 aromatic carbocycles. The maximum atomic E-state index is 9.33. The summed E-state index contributed by atoms with van der Waals surface area (Å²) < 4.78 is 0. The normalized spacial score (nSPS) is 18.1. The molecule has 10 heavy (non-hydrogen) atoms. The van der Waals surface area contributed by atoms with Crippen LogP contribution in [0.3, 0.4) is 0 Å². The van der Waals surface area contributed by atoms with Crippen LogP contribution in [0.1, 0.15) is 32.6 Å². The van der Waals surface area contributed by atoms with Gasteiger partial charge in [-0.25, -0.2) is 0 Å². The summed E-state index contributed by atoms with van der Waals surface area (Å²) in [4.78, 5) is 0. The van der Waals surface area contributed by atoms with Gasteiger partial charge in [-0.15, -0.1) is 0 Å². The zero-order chi connectivity index (χ0) is 7.40. The van der Waals surface area contributed by atoms with Crippen LogP contribution in [0.25, 0.3) is 0 Å². The van der Waals surface area contributed by atoms with E-state index in [1.165, 1.54) is 0 Å². The first-order chi connectivity index (χ1) is 4.84. The molecule has 1 heteroatoms. The number of aliphatic hydroxyl groups is 1. The molecule has 0 saturated carbocycles. The van der Waals surface area contributed by atoms with E-state index in [4.69, 9.17) is 0 Å². The second-order valence-electron chi connectivity index (χ2n) is 2.66. The van der Waals surface area contributed by atoms with Crippen LogP contribution in [0.15, 0.2) is 23.5 Å². The average Bonchev–Trinajstić information content (AvgIpc) is 1.94. The molecule has 1 aliphatic carbocycles. The molecule has 1 nitrogen and oxygen atoms in total. The van der Waals surface area contributed by atoms with Crippen LogP contribution < -0.4 is 0 Å². The third kappa shape index (κ3) is 1.63. The summed E-state index contributed by atoms with van der Waals surface area (Å²) in [5, 5.41) is 9.33.